The van der Waals surface area contributed by atoms with Crippen molar-refractivity contribution >= 4 is 0 Å². The third-order valence-electron chi connectivity index (χ3n) is 3.98. The second-order valence-electron chi connectivity index (χ2n) is 5.32. The van der Waals surface area contributed by atoms with Crippen molar-refractivity contribution in [3.8, 4) is 0 Å². The monoisotopic (exact) mass is 256 g/mol. The molecule has 0 unspecified atom stereocenters. The van der Waals surface area contributed by atoms with Gasteiger partial charge in [-0.3, -0.25) is 9.58 Å². The SMILES string of the molecule is Cn1nccc1CN1C[C@@H](N)[C@H](c2ccccc2)C1. The summed E-state index contributed by atoms with van der Waals surface area (Å²) in [6, 6.07) is 12.9. The number of rotatable bonds is 3. The Balaban J connectivity index is 1.70. The van der Waals surface area contributed by atoms with Gasteiger partial charge in [0.1, 0.15) is 0 Å². The highest BCUT2D eigenvalue weighted by atomic mass is 15.3. The van der Waals surface area contributed by atoms with Crippen LogP contribution in [-0.2, 0) is 13.6 Å². The van der Waals surface area contributed by atoms with Crippen molar-refractivity contribution in [3.05, 3.63) is 53.9 Å². The quantitative estimate of drug-likeness (QED) is 0.901. The van der Waals surface area contributed by atoms with Crippen LogP contribution in [0.25, 0.3) is 0 Å². The number of aromatic nitrogens is 2. The maximum absolute atomic E-state index is 6.30. The molecule has 19 heavy (non-hydrogen) atoms. The van der Waals surface area contributed by atoms with Crippen molar-refractivity contribution in [1.29, 1.82) is 0 Å². The van der Waals surface area contributed by atoms with Crippen LogP contribution in [-0.4, -0.2) is 33.8 Å². The number of benzene rings is 1. The van der Waals surface area contributed by atoms with Gasteiger partial charge in [-0.25, -0.2) is 0 Å². The van der Waals surface area contributed by atoms with E-state index >= 15 is 0 Å². The minimum Gasteiger partial charge on any atom is -0.326 e. The fourth-order valence-electron chi connectivity index (χ4n) is 2.88. The molecule has 0 radical (unpaired) electrons. The van der Waals surface area contributed by atoms with Crippen LogP contribution in [0.1, 0.15) is 17.2 Å². The third-order valence-corrected chi connectivity index (χ3v) is 3.98. The number of likely N-dealkylation sites (tertiary alicyclic amines) is 1. The van der Waals surface area contributed by atoms with E-state index in [1.54, 1.807) is 0 Å². The van der Waals surface area contributed by atoms with Gasteiger partial charge in [-0.1, -0.05) is 30.3 Å². The average molecular weight is 256 g/mol. The Hall–Kier alpha value is -1.65. The van der Waals surface area contributed by atoms with Gasteiger partial charge in [0.15, 0.2) is 0 Å². The Kier molecular flexibility index (Phi) is 3.36. The Morgan fingerprint density at radius 3 is 2.68 bits per heavy atom. The van der Waals surface area contributed by atoms with Crippen LogP contribution in [0.15, 0.2) is 42.6 Å². The summed E-state index contributed by atoms with van der Waals surface area (Å²) in [6.45, 7) is 2.90. The molecule has 0 spiro atoms. The first-order valence-corrected chi connectivity index (χ1v) is 6.74. The van der Waals surface area contributed by atoms with Gasteiger partial charge < -0.3 is 5.73 Å². The summed E-state index contributed by atoms with van der Waals surface area (Å²) < 4.78 is 1.93. The first-order chi connectivity index (χ1) is 9.24. The van der Waals surface area contributed by atoms with Gasteiger partial charge in [-0.05, 0) is 11.6 Å². The Morgan fingerprint density at radius 1 is 1.21 bits per heavy atom. The van der Waals surface area contributed by atoms with Crippen molar-refractivity contribution in [3.63, 3.8) is 0 Å². The van der Waals surface area contributed by atoms with Crippen LogP contribution in [0.3, 0.4) is 0 Å². The van der Waals surface area contributed by atoms with Gasteiger partial charge in [0.25, 0.3) is 0 Å². The molecule has 2 N–H and O–H groups in total. The van der Waals surface area contributed by atoms with Crippen molar-refractivity contribution in [1.82, 2.24) is 14.7 Å². The van der Waals surface area contributed by atoms with Crippen molar-refractivity contribution in [2.45, 2.75) is 18.5 Å². The normalized spacial score (nSPS) is 23.9. The molecule has 2 atom stereocenters. The maximum atomic E-state index is 6.30. The molecule has 1 aromatic heterocycles. The van der Waals surface area contributed by atoms with Gasteiger partial charge >= 0.3 is 0 Å². The fourth-order valence-corrected chi connectivity index (χ4v) is 2.88. The molecular formula is C15H20N4. The van der Waals surface area contributed by atoms with E-state index in [9.17, 15) is 0 Å². The van der Waals surface area contributed by atoms with E-state index in [2.05, 4.69) is 46.4 Å². The summed E-state index contributed by atoms with van der Waals surface area (Å²) >= 11 is 0. The van der Waals surface area contributed by atoms with Gasteiger partial charge in [-0.2, -0.15) is 5.10 Å². The first-order valence-electron chi connectivity index (χ1n) is 6.74. The minimum absolute atomic E-state index is 0.218. The summed E-state index contributed by atoms with van der Waals surface area (Å²) in [5.74, 6) is 0.439. The summed E-state index contributed by atoms with van der Waals surface area (Å²) in [6.07, 6.45) is 1.85. The van der Waals surface area contributed by atoms with Crippen molar-refractivity contribution in [2.75, 3.05) is 13.1 Å². The predicted molar refractivity (Wildman–Crippen MR) is 75.6 cm³/mol. The summed E-state index contributed by atoms with van der Waals surface area (Å²) in [4.78, 5) is 2.42. The molecule has 0 saturated carbocycles. The van der Waals surface area contributed by atoms with Crippen LogP contribution in [0.2, 0.25) is 0 Å². The molecule has 1 fully saturated rings. The van der Waals surface area contributed by atoms with E-state index in [4.69, 9.17) is 5.73 Å². The number of hydrogen-bond donors (Lipinski definition) is 1. The fraction of sp³-hybridized carbons (Fsp3) is 0.400. The topological polar surface area (TPSA) is 47.1 Å². The molecule has 3 rings (SSSR count). The van der Waals surface area contributed by atoms with Crippen LogP contribution < -0.4 is 5.73 Å². The lowest BCUT2D eigenvalue weighted by atomic mass is 9.95. The molecule has 4 nitrogen and oxygen atoms in total. The highest BCUT2D eigenvalue weighted by Gasteiger charge is 2.31. The van der Waals surface area contributed by atoms with E-state index in [1.807, 2.05) is 17.9 Å². The molecule has 1 aromatic carbocycles. The molecule has 0 amide bonds. The lowest BCUT2D eigenvalue weighted by Crippen LogP contribution is -2.28. The second kappa shape index (κ2) is 5.15. The van der Waals surface area contributed by atoms with Gasteiger partial charge in [0.2, 0.25) is 0 Å². The Morgan fingerprint density at radius 2 is 2.00 bits per heavy atom. The Bertz CT molecular complexity index is 534. The zero-order valence-electron chi connectivity index (χ0n) is 11.2. The van der Waals surface area contributed by atoms with E-state index in [1.165, 1.54) is 11.3 Å². The largest absolute Gasteiger partial charge is 0.326 e. The molecule has 4 heteroatoms. The summed E-state index contributed by atoms with van der Waals surface area (Å²) in [7, 11) is 1.99. The molecule has 2 aromatic rings. The molecule has 1 saturated heterocycles. The molecule has 100 valence electrons. The summed E-state index contributed by atoms with van der Waals surface area (Å²) in [5.41, 5.74) is 8.89. The second-order valence-corrected chi connectivity index (χ2v) is 5.32. The van der Waals surface area contributed by atoms with Crippen molar-refractivity contribution < 1.29 is 0 Å². The highest BCUT2D eigenvalue weighted by molar-refractivity contribution is 5.23. The van der Waals surface area contributed by atoms with Gasteiger partial charge in [0.05, 0.1) is 5.69 Å². The lowest BCUT2D eigenvalue weighted by molar-refractivity contribution is 0.314. The minimum atomic E-state index is 0.218. The molecule has 2 heterocycles. The highest BCUT2D eigenvalue weighted by Crippen LogP contribution is 2.27. The third kappa shape index (κ3) is 2.55. The number of nitrogens with two attached hydrogens (primary N) is 1. The lowest BCUT2D eigenvalue weighted by Gasteiger charge is -2.16. The van der Waals surface area contributed by atoms with Gasteiger partial charge in [0, 0.05) is 44.8 Å². The van der Waals surface area contributed by atoms with Crippen LogP contribution in [0.5, 0.6) is 0 Å². The van der Waals surface area contributed by atoms with Crippen molar-refractivity contribution in [2.24, 2.45) is 12.8 Å². The Labute approximate surface area is 113 Å². The molecule has 0 aliphatic carbocycles. The maximum Gasteiger partial charge on any atom is 0.0521 e. The van der Waals surface area contributed by atoms with E-state index in [-0.39, 0.29) is 6.04 Å². The smallest absolute Gasteiger partial charge is 0.0521 e. The molecular weight excluding hydrogens is 236 g/mol. The van der Waals surface area contributed by atoms with E-state index in [0.29, 0.717) is 5.92 Å². The van der Waals surface area contributed by atoms with Gasteiger partial charge in [-0.15, -0.1) is 0 Å². The summed E-state index contributed by atoms with van der Waals surface area (Å²) in [5, 5.41) is 4.21. The average Bonchev–Trinajstić information content (AvgIpc) is 2.98. The molecule has 0 bridgehead atoms. The standard InChI is InChI=1S/C15H20N4/c1-18-13(7-8-17-18)9-19-10-14(15(16)11-19)12-5-3-2-4-6-12/h2-8,14-15H,9-11,16H2,1H3/t14-,15+/m0/s1. The van der Waals surface area contributed by atoms with E-state index < -0.39 is 0 Å². The molecule has 1 aliphatic rings. The number of hydrogen-bond acceptors (Lipinski definition) is 3. The number of aryl methyl sites for hydroxylation is 1. The van der Waals surface area contributed by atoms with Crippen LogP contribution in [0.4, 0.5) is 0 Å². The zero-order valence-corrected chi connectivity index (χ0v) is 11.2. The number of nitrogens with zero attached hydrogens (tertiary/aromatic N) is 3. The first kappa shape index (κ1) is 12.4. The molecule has 1 aliphatic heterocycles. The van der Waals surface area contributed by atoms with Crippen LogP contribution >= 0.6 is 0 Å². The van der Waals surface area contributed by atoms with Crippen LogP contribution in [0, 0.1) is 0 Å². The predicted octanol–water partition coefficient (Wildman–Crippen LogP) is 1.35. The zero-order chi connectivity index (χ0) is 13.2. The van der Waals surface area contributed by atoms with E-state index in [0.717, 1.165) is 19.6 Å².